The van der Waals surface area contributed by atoms with Gasteiger partial charge in [0.05, 0.1) is 0 Å². The van der Waals surface area contributed by atoms with Crippen molar-refractivity contribution in [3.8, 4) is 11.1 Å². The topological polar surface area (TPSA) is 0 Å². The van der Waals surface area contributed by atoms with Crippen molar-refractivity contribution in [2.75, 3.05) is 0 Å². The van der Waals surface area contributed by atoms with Crippen LogP contribution in [0.25, 0.3) is 16.7 Å². The van der Waals surface area contributed by atoms with Gasteiger partial charge in [-0.1, -0.05) is 0 Å². The molecule has 1 unspecified atom stereocenters. The molecule has 0 saturated carbocycles. The fraction of sp³-hybridized carbons (Fsp3) is 0.128. The molecule has 0 radical (unpaired) electrons. The molecule has 50 heavy (non-hydrogen) atoms. The molecule has 0 N–H and O–H groups in total. The normalized spacial score (nSPS) is 14.2. The SMILES string of the molecule is CCc1ccc2c(c1)[CH]([Zr+2]([C]1=C(c3ccccc3)C=CC1c1ccccc1)=[C](c1ccccc1)c1ccccc1)c1cc(CC)ccc1-2.[Cl-].[Cl-]. The van der Waals surface area contributed by atoms with Crippen LogP contribution in [0.15, 0.2) is 173 Å². The standard InChI is InChI=1S/C17H17.C17H13.C13H10.2ClH.Zr/c1-3-12-5-7-16-14(9-12)11-15-10-13(4-2)6-8-17(15)16;1-3-7-14(8-4-1)16-11-12-17(13-16)15-9-5-2-6-10-15;1-3-7-12(8-4-1)11-13-9-5-2-6-10-13;;;/h5-11H,3-4H2,1-2H3;1-12,16H;1-10H;2*1H;/q;;;;;+2/p-2. The Labute approximate surface area is 317 Å². The van der Waals surface area contributed by atoms with Crippen molar-refractivity contribution in [2.24, 2.45) is 0 Å². The summed E-state index contributed by atoms with van der Waals surface area (Å²) in [6.07, 6.45) is 7.03. The Balaban J connectivity index is 0.00000216. The molecule has 0 aliphatic heterocycles. The Kier molecular flexibility index (Phi) is 11.5. The maximum atomic E-state index is 2.57. The Morgan fingerprint density at radius 3 is 1.48 bits per heavy atom. The van der Waals surface area contributed by atoms with Crippen LogP contribution in [0.2, 0.25) is 0 Å². The van der Waals surface area contributed by atoms with E-state index in [2.05, 4.69) is 184 Å². The van der Waals surface area contributed by atoms with E-state index in [4.69, 9.17) is 0 Å². The summed E-state index contributed by atoms with van der Waals surface area (Å²) >= 11 is -3.09. The van der Waals surface area contributed by atoms with Crippen molar-refractivity contribution < 1.29 is 46.1 Å². The second-order valence-electron chi connectivity index (χ2n) is 12.9. The molecule has 2 aliphatic rings. The van der Waals surface area contributed by atoms with E-state index < -0.39 is 21.3 Å². The summed E-state index contributed by atoms with van der Waals surface area (Å²) in [6.45, 7) is 4.59. The zero-order valence-corrected chi connectivity index (χ0v) is 32.5. The van der Waals surface area contributed by atoms with E-state index in [9.17, 15) is 0 Å². The monoisotopic (exact) mass is 764 g/mol. The van der Waals surface area contributed by atoms with Gasteiger partial charge in [-0.05, 0) is 0 Å². The van der Waals surface area contributed by atoms with Gasteiger partial charge in [-0.25, -0.2) is 0 Å². The number of fused-ring (bicyclic) bond motifs is 3. The van der Waals surface area contributed by atoms with Crippen LogP contribution < -0.4 is 24.8 Å². The number of rotatable bonds is 8. The van der Waals surface area contributed by atoms with Crippen LogP contribution in [0.4, 0.5) is 0 Å². The number of hydrogen-bond acceptors (Lipinski definition) is 0. The van der Waals surface area contributed by atoms with Gasteiger partial charge >= 0.3 is 295 Å². The smallest absolute Gasteiger partial charge is 1.00 e. The average molecular weight is 767 g/mol. The third-order valence-electron chi connectivity index (χ3n) is 10.2. The van der Waals surface area contributed by atoms with E-state index in [1.165, 1.54) is 61.2 Å². The second kappa shape index (κ2) is 16.0. The van der Waals surface area contributed by atoms with Crippen LogP contribution in [-0.2, 0) is 34.1 Å². The summed E-state index contributed by atoms with van der Waals surface area (Å²) in [4.78, 5) is 0. The van der Waals surface area contributed by atoms with E-state index in [1.54, 1.807) is 6.49 Å². The van der Waals surface area contributed by atoms with Crippen molar-refractivity contribution in [1.29, 1.82) is 0 Å². The average Bonchev–Trinajstić information content (AvgIpc) is 3.74. The van der Waals surface area contributed by atoms with Gasteiger partial charge in [-0.3, -0.25) is 0 Å². The molecule has 0 heterocycles. The van der Waals surface area contributed by atoms with E-state index in [0.717, 1.165) is 12.8 Å². The minimum atomic E-state index is -3.09. The number of aryl methyl sites for hydroxylation is 2. The summed E-state index contributed by atoms with van der Waals surface area (Å²) in [5.41, 5.74) is 15.6. The van der Waals surface area contributed by atoms with Gasteiger partial charge in [-0.2, -0.15) is 0 Å². The molecular weight excluding hydrogens is 727 g/mol. The van der Waals surface area contributed by atoms with Crippen LogP contribution in [0, 0.1) is 0 Å². The first kappa shape index (κ1) is 35.9. The van der Waals surface area contributed by atoms with Crippen molar-refractivity contribution in [3.05, 3.63) is 218 Å². The molecule has 0 aromatic heterocycles. The minimum absolute atomic E-state index is 0. The third kappa shape index (κ3) is 6.65. The predicted octanol–water partition coefficient (Wildman–Crippen LogP) is 5.54. The Morgan fingerprint density at radius 2 is 1.00 bits per heavy atom. The van der Waals surface area contributed by atoms with Crippen molar-refractivity contribution in [3.63, 3.8) is 0 Å². The summed E-state index contributed by atoms with van der Waals surface area (Å²) in [6, 6.07) is 59.9. The number of hydrogen-bond donors (Lipinski definition) is 0. The van der Waals surface area contributed by atoms with E-state index >= 15 is 0 Å². The Bertz CT molecular complexity index is 2090. The summed E-state index contributed by atoms with van der Waals surface area (Å²) in [5, 5.41) is 0. The van der Waals surface area contributed by atoms with Crippen LogP contribution >= 0.6 is 0 Å². The summed E-state index contributed by atoms with van der Waals surface area (Å²) < 4.78 is 3.59. The van der Waals surface area contributed by atoms with E-state index in [1.807, 2.05) is 0 Å². The molecule has 0 amide bonds. The molecule has 6 aromatic rings. The number of halogens is 2. The van der Waals surface area contributed by atoms with Crippen LogP contribution in [0.5, 0.6) is 0 Å². The van der Waals surface area contributed by atoms with Crippen LogP contribution in [0.1, 0.15) is 67.9 Å². The number of allylic oxidation sites excluding steroid dienone is 4. The van der Waals surface area contributed by atoms with Gasteiger partial charge in [-0.15, -0.1) is 0 Å². The van der Waals surface area contributed by atoms with Gasteiger partial charge in [0.2, 0.25) is 0 Å². The third-order valence-corrected chi connectivity index (χ3v) is 18.8. The minimum Gasteiger partial charge on any atom is -1.00 e. The van der Waals surface area contributed by atoms with Crippen LogP contribution in [0.3, 0.4) is 0 Å². The molecule has 6 aromatic carbocycles. The fourth-order valence-corrected chi connectivity index (χ4v) is 17.8. The molecule has 2 aliphatic carbocycles. The van der Waals surface area contributed by atoms with E-state index in [-0.39, 0.29) is 30.7 Å². The summed E-state index contributed by atoms with van der Waals surface area (Å²) in [7, 11) is 0. The Morgan fingerprint density at radius 1 is 0.540 bits per heavy atom. The zero-order chi connectivity index (χ0) is 32.5. The second-order valence-corrected chi connectivity index (χ2v) is 19.0. The largest absolute Gasteiger partial charge is 1.00 e. The molecule has 0 fully saturated rings. The van der Waals surface area contributed by atoms with Crippen LogP contribution in [-0.4, -0.2) is 3.21 Å². The van der Waals surface area contributed by atoms with Gasteiger partial charge in [0.15, 0.2) is 0 Å². The maximum Gasteiger partial charge on any atom is -1.00 e. The first-order chi connectivity index (χ1) is 23.7. The van der Waals surface area contributed by atoms with Crippen molar-refractivity contribution in [2.45, 2.75) is 36.2 Å². The first-order valence-electron chi connectivity index (χ1n) is 17.4. The van der Waals surface area contributed by atoms with E-state index in [0.29, 0.717) is 3.63 Å². The summed E-state index contributed by atoms with van der Waals surface area (Å²) in [5.74, 6) is 0.231. The molecule has 0 nitrogen and oxygen atoms in total. The molecule has 0 spiro atoms. The van der Waals surface area contributed by atoms with Gasteiger partial charge < -0.3 is 24.8 Å². The number of benzene rings is 6. The van der Waals surface area contributed by atoms with Gasteiger partial charge in [0, 0.05) is 0 Å². The molecule has 3 heteroatoms. The predicted molar refractivity (Wildman–Crippen MR) is 200 cm³/mol. The molecule has 8 rings (SSSR count). The van der Waals surface area contributed by atoms with Gasteiger partial charge in [0.1, 0.15) is 0 Å². The molecule has 0 bridgehead atoms. The van der Waals surface area contributed by atoms with Crippen molar-refractivity contribution >= 4 is 8.78 Å². The zero-order valence-electron chi connectivity index (χ0n) is 28.5. The van der Waals surface area contributed by atoms with Gasteiger partial charge in [0.25, 0.3) is 0 Å². The maximum absolute atomic E-state index is 3.09. The molecular formula is C47H40Cl2Zr. The molecule has 1 atom stereocenters. The quantitative estimate of drug-likeness (QED) is 0.191. The van der Waals surface area contributed by atoms with Crippen molar-refractivity contribution in [1.82, 2.24) is 0 Å². The Hall–Kier alpha value is -3.87. The fourth-order valence-electron chi connectivity index (χ4n) is 7.90. The first-order valence-corrected chi connectivity index (χ1v) is 21.3. The molecule has 246 valence electrons. The molecule has 0 saturated heterocycles.